The lowest BCUT2D eigenvalue weighted by Gasteiger charge is -2.14. The predicted octanol–water partition coefficient (Wildman–Crippen LogP) is 3.13. The average Bonchev–Trinajstić information content (AvgIpc) is 2.81. The Labute approximate surface area is 102 Å². The van der Waals surface area contributed by atoms with Crippen molar-refractivity contribution in [2.24, 2.45) is 0 Å². The zero-order chi connectivity index (χ0) is 12.3. The number of carboxylic acid groups (broad SMARTS) is 1. The molecule has 0 aliphatic rings. The number of nitrogens with one attached hydrogen (secondary N) is 1. The summed E-state index contributed by atoms with van der Waals surface area (Å²) >= 11 is 1.32. The van der Waals surface area contributed by atoms with Crippen LogP contribution in [0.2, 0.25) is 0 Å². The summed E-state index contributed by atoms with van der Waals surface area (Å²) < 4.78 is 13.4. The third-order valence-electron chi connectivity index (χ3n) is 2.25. The van der Waals surface area contributed by atoms with E-state index in [1.165, 1.54) is 23.5 Å². The summed E-state index contributed by atoms with van der Waals surface area (Å²) in [6.07, 6.45) is 0. The molecule has 0 bridgehead atoms. The summed E-state index contributed by atoms with van der Waals surface area (Å²) in [6, 6.07) is 8.55. The molecule has 0 saturated carbocycles. The molecule has 0 aliphatic carbocycles. The third kappa shape index (κ3) is 2.62. The first-order valence-electron chi connectivity index (χ1n) is 4.96. The minimum atomic E-state index is -1.03. The maximum atomic E-state index is 13.4. The SMILES string of the molecule is O=C(O)C(Nc1ccccc1F)c1cccs1. The first kappa shape index (κ1) is 11.6. The molecule has 2 aromatic rings. The second-order valence-corrected chi connectivity index (χ2v) is 4.39. The molecule has 1 heterocycles. The summed E-state index contributed by atoms with van der Waals surface area (Å²) in [6.45, 7) is 0. The van der Waals surface area contributed by atoms with Gasteiger partial charge in [-0.15, -0.1) is 11.3 Å². The molecule has 1 atom stereocenters. The summed E-state index contributed by atoms with van der Waals surface area (Å²) in [5.74, 6) is -1.49. The van der Waals surface area contributed by atoms with E-state index >= 15 is 0 Å². The summed E-state index contributed by atoms with van der Waals surface area (Å²) in [5, 5.41) is 13.6. The highest BCUT2D eigenvalue weighted by Gasteiger charge is 2.21. The minimum Gasteiger partial charge on any atom is -0.479 e. The Morgan fingerprint density at radius 1 is 1.29 bits per heavy atom. The van der Waals surface area contributed by atoms with Crippen molar-refractivity contribution in [3.05, 3.63) is 52.5 Å². The fourth-order valence-corrected chi connectivity index (χ4v) is 2.21. The van der Waals surface area contributed by atoms with Gasteiger partial charge in [-0.2, -0.15) is 0 Å². The molecule has 0 aliphatic heterocycles. The number of halogens is 1. The lowest BCUT2D eigenvalue weighted by Crippen LogP contribution is -2.19. The van der Waals surface area contributed by atoms with Crippen LogP contribution in [0.4, 0.5) is 10.1 Å². The molecule has 0 spiro atoms. The zero-order valence-corrected chi connectivity index (χ0v) is 9.58. The predicted molar refractivity (Wildman–Crippen MR) is 64.7 cm³/mol. The van der Waals surface area contributed by atoms with E-state index < -0.39 is 17.8 Å². The number of para-hydroxylation sites is 1. The van der Waals surface area contributed by atoms with Gasteiger partial charge in [-0.3, -0.25) is 0 Å². The Bertz CT molecular complexity index is 513. The molecule has 0 saturated heterocycles. The van der Waals surface area contributed by atoms with Crippen molar-refractivity contribution in [1.29, 1.82) is 0 Å². The average molecular weight is 251 g/mol. The first-order chi connectivity index (χ1) is 8.18. The number of thiophene rings is 1. The molecule has 2 N–H and O–H groups in total. The lowest BCUT2D eigenvalue weighted by atomic mass is 10.2. The molecule has 88 valence electrons. The van der Waals surface area contributed by atoms with Crippen molar-refractivity contribution >= 4 is 23.0 Å². The van der Waals surface area contributed by atoms with E-state index in [4.69, 9.17) is 5.11 Å². The van der Waals surface area contributed by atoms with E-state index in [-0.39, 0.29) is 5.69 Å². The summed E-state index contributed by atoms with van der Waals surface area (Å²) in [7, 11) is 0. The molecular formula is C12H10FNO2S. The van der Waals surface area contributed by atoms with E-state index in [2.05, 4.69) is 5.32 Å². The minimum absolute atomic E-state index is 0.188. The molecule has 3 nitrogen and oxygen atoms in total. The van der Waals surface area contributed by atoms with Crippen LogP contribution in [0, 0.1) is 5.82 Å². The molecule has 0 amide bonds. The maximum absolute atomic E-state index is 13.4. The fourth-order valence-electron chi connectivity index (χ4n) is 1.44. The number of rotatable bonds is 4. The van der Waals surface area contributed by atoms with Crippen molar-refractivity contribution in [2.75, 3.05) is 5.32 Å². The molecule has 5 heteroatoms. The van der Waals surface area contributed by atoms with Gasteiger partial charge >= 0.3 is 5.97 Å². The van der Waals surface area contributed by atoms with Crippen LogP contribution < -0.4 is 5.32 Å². The van der Waals surface area contributed by atoms with Gasteiger partial charge in [0.05, 0.1) is 5.69 Å². The Hall–Kier alpha value is -1.88. The van der Waals surface area contributed by atoms with Crippen molar-refractivity contribution < 1.29 is 14.3 Å². The quantitative estimate of drug-likeness (QED) is 0.877. The van der Waals surface area contributed by atoms with Crippen molar-refractivity contribution in [3.8, 4) is 0 Å². The van der Waals surface area contributed by atoms with E-state index in [1.807, 2.05) is 0 Å². The number of benzene rings is 1. The second-order valence-electron chi connectivity index (χ2n) is 3.41. The lowest BCUT2D eigenvalue weighted by molar-refractivity contribution is -0.138. The largest absolute Gasteiger partial charge is 0.479 e. The van der Waals surface area contributed by atoms with Crippen LogP contribution >= 0.6 is 11.3 Å². The molecule has 0 radical (unpaired) electrons. The van der Waals surface area contributed by atoms with Crippen LogP contribution in [-0.4, -0.2) is 11.1 Å². The fraction of sp³-hybridized carbons (Fsp3) is 0.0833. The van der Waals surface area contributed by atoms with Crippen molar-refractivity contribution in [2.45, 2.75) is 6.04 Å². The van der Waals surface area contributed by atoms with Crippen LogP contribution in [-0.2, 0) is 4.79 Å². The highest BCUT2D eigenvalue weighted by Crippen LogP contribution is 2.25. The smallest absolute Gasteiger partial charge is 0.331 e. The van der Waals surface area contributed by atoms with Crippen LogP contribution in [0.15, 0.2) is 41.8 Å². The van der Waals surface area contributed by atoms with E-state index in [1.54, 1.807) is 29.6 Å². The first-order valence-corrected chi connectivity index (χ1v) is 5.83. The second kappa shape index (κ2) is 4.97. The Morgan fingerprint density at radius 2 is 2.06 bits per heavy atom. The number of carboxylic acids is 1. The third-order valence-corrected chi connectivity index (χ3v) is 3.19. The molecule has 2 rings (SSSR count). The van der Waals surface area contributed by atoms with Gasteiger partial charge in [-0.25, -0.2) is 9.18 Å². The van der Waals surface area contributed by atoms with E-state index in [9.17, 15) is 9.18 Å². The molecule has 0 fully saturated rings. The van der Waals surface area contributed by atoms with Crippen LogP contribution in [0.1, 0.15) is 10.9 Å². The Balaban J connectivity index is 2.26. The Kier molecular flexibility index (Phi) is 3.39. The van der Waals surface area contributed by atoms with Gasteiger partial charge in [0.25, 0.3) is 0 Å². The van der Waals surface area contributed by atoms with Crippen molar-refractivity contribution in [1.82, 2.24) is 0 Å². The topological polar surface area (TPSA) is 49.3 Å². The number of carbonyl (C=O) groups is 1. The maximum Gasteiger partial charge on any atom is 0.331 e. The highest BCUT2D eigenvalue weighted by atomic mass is 32.1. The standard InChI is InChI=1S/C12H10FNO2S/c13-8-4-1-2-5-9(8)14-11(12(15)16)10-6-3-7-17-10/h1-7,11,14H,(H,15,16). The van der Waals surface area contributed by atoms with Gasteiger partial charge in [0.2, 0.25) is 0 Å². The van der Waals surface area contributed by atoms with Gasteiger partial charge < -0.3 is 10.4 Å². The van der Waals surface area contributed by atoms with Crippen LogP contribution in [0.25, 0.3) is 0 Å². The normalized spacial score (nSPS) is 12.1. The van der Waals surface area contributed by atoms with Crippen LogP contribution in [0.5, 0.6) is 0 Å². The zero-order valence-electron chi connectivity index (χ0n) is 8.76. The Morgan fingerprint density at radius 3 is 2.65 bits per heavy atom. The number of anilines is 1. The van der Waals surface area contributed by atoms with E-state index in [0.717, 1.165) is 0 Å². The monoisotopic (exact) mass is 251 g/mol. The number of aliphatic carboxylic acids is 1. The summed E-state index contributed by atoms with van der Waals surface area (Å²) in [4.78, 5) is 11.8. The van der Waals surface area contributed by atoms with Gasteiger partial charge in [0, 0.05) is 4.88 Å². The molecular weight excluding hydrogens is 241 g/mol. The van der Waals surface area contributed by atoms with E-state index in [0.29, 0.717) is 4.88 Å². The van der Waals surface area contributed by atoms with Gasteiger partial charge in [0.15, 0.2) is 6.04 Å². The number of hydrogen-bond acceptors (Lipinski definition) is 3. The molecule has 17 heavy (non-hydrogen) atoms. The van der Waals surface area contributed by atoms with Crippen LogP contribution in [0.3, 0.4) is 0 Å². The highest BCUT2D eigenvalue weighted by molar-refractivity contribution is 7.10. The van der Waals surface area contributed by atoms with Gasteiger partial charge in [-0.1, -0.05) is 18.2 Å². The number of hydrogen-bond donors (Lipinski definition) is 2. The summed E-state index contributed by atoms with van der Waals surface area (Å²) in [5.41, 5.74) is 0.188. The van der Waals surface area contributed by atoms with Crippen molar-refractivity contribution in [3.63, 3.8) is 0 Å². The van der Waals surface area contributed by atoms with Gasteiger partial charge in [-0.05, 0) is 23.6 Å². The van der Waals surface area contributed by atoms with Gasteiger partial charge in [0.1, 0.15) is 5.82 Å². The molecule has 1 unspecified atom stereocenters. The molecule has 1 aromatic carbocycles. The molecule has 1 aromatic heterocycles.